The Balaban J connectivity index is 3.02. The van der Waals surface area contributed by atoms with E-state index in [1.54, 1.807) is 0 Å². The van der Waals surface area contributed by atoms with Crippen molar-refractivity contribution < 1.29 is 14.3 Å². The summed E-state index contributed by atoms with van der Waals surface area (Å²) in [4.78, 5) is 12.6. The van der Waals surface area contributed by atoms with E-state index in [9.17, 15) is 4.79 Å². The van der Waals surface area contributed by atoms with Gasteiger partial charge < -0.3 is 9.47 Å². The molecule has 0 aromatic rings. The standard InChI is InChI=1S/C18H34O3/c1-16(2,3)13-18(7)12-14(17(4,5)6)20-10-8-9-11-21-15(18)19/h14H,8-13H2,1-7H3. The van der Waals surface area contributed by atoms with Gasteiger partial charge in [-0.3, -0.25) is 4.79 Å². The molecule has 0 N–H and O–H groups in total. The van der Waals surface area contributed by atoms with Gasteiger partial charge >= 0.3 is 5.97 Å². The first-order valence-corrected chi connectivity index (χ1v) is 8.23. The SMILES string of the molecule is CC(C)(C)CC1(C)CC(C(C)(C)C)OCCCCOC1=O. The van der Waals surface area contributed by atoms with Gasteiger partial charge in [0.25, 0.3) is 0 Å². The molecule has 2 atom stereocenters. The van der Waals surface area contributed by atoms with Crippen LogP contribution in [-0.2, 0) is 14.3 Å². The number of hydrogen-bond donors (Lipinski definition) is 0. The van der Waals surface area contributed by atoms with Gasteiger partial charge in [0, 0.05) is 6.61 Å². The molecule has 3 heteroatoms. The molecule has 124 valence electrons. The molecular formula is C18H34O3. The Labute approximate surface area is 130 Å². The van der Waals surface area contributed by atoms with Gasteiger partial charge in [0.1, 0.15) is 0 Å². The van der Waals surface area contributed by atoms with Crippen molar-refractivity contribution in [1.29, 1.82) is 0 Å². The monoisotopic (exact) mass is 298 g/mol. The summed E-state index contributed by atoms with van der Waals surface area (Å²) >= 11 is 0. The predicted octanol–water partition coefficient (Wildman–Crippen LogP) is 4.59. The molecule has 0 bridgehead atoms. The van der Waals surface area contributed by atoms with E-state index < -0.39 is 5.41 Å². The zero-order valence-electron chi connectivity index (χ0n) is 15.0. The van der Waals surface area contributed by atoms with Crippen molar-refractivity contribution in [1.82, 2.24) is 0 Å². The van der Waals surface area contributed by atoms with E-state index in [0.29, 0.717) is 6.61 Å². The van der Waals surface area contributed by atoms with Crippen LogP contribution in [0.1, 0.15) is 74.1 Å². The second kappa shape index (κ2) is 6.68. The van der Waals surface area contributed by atoms with Crippen molar-refractivity contribution in [3.63, 3.8) is 0 Å². The third kappa shape index (κ3) is 5.98. The van der Waals surface area contributed by atoms with Crippen LogP contribution in [0.3, 0.4) is 0 Å². The van der Waals surface area contributed by atoms with Gasteiger partial charge in [0.15, 0.2) is 0 Å². The topological polar surface area (TPSA) is 35.5 Å². The van der Waals surface area contributed by atoms with Gasteiger partial charge in [0.2, 0.25) is 0 Å². The normalized spacial score (nSPS) is 29.9. The van der Waals surface area contributed by atoms with Gasteiger partial charge in [-0.25, -0.2) is 0 Å². The van der Waals surface area contributed by atoms with E-state index in [1.807, 2.05) is 6.92 Å². The molecule has 1 rings (SSSR count). The Hall–Kier alpha value is -0.570. The fraction of sp³-hybridized carbons (Fsp3) is 0.944. The lowest BCUT2D eigenvalue weighted by Crippen LogP contribution is -2.42. The van der Waals surface area contributed by atoms with E-state index in [4.69, 9.17) is 9.47 Å². The molecule has 1 aliphatic rings. The number of ether oxygens (including phenoxy) is 2. The Morgan fingerprint density at radius 1 is 1.10 bits per heavy atom. The first kappa shape index (κ1) is 18.5. The van der Waals surface area contributed by atoms with Crippen LogP contribution in [0.2, 0.25) is 0 Å². The number of carbonyl (C=O) groups is 1. The highest BCUT2D eigenvalue weighted by Crippen LogP contribution is 2.42. The molecule has 0 aromatic carbocycles. The zero-order chi connectivity index (χ0) is 16.3. The average molecular weight is 298 g/mol. The van der Waals surface area contributed by atoms with Crippen molar-refractivity contribution in [2.24, 2.45) is 16.2 Å². The summed E-state index contributed by atoms with van der Waals surface area (Å²) in [6.45, 7) is 16.4. The Kier molecular flexibility index (Phi) is 5.88. The highest BCUT2D eigenvalue weighted by molar-refractivity contribution is 5.76. The molecule has 0 aromatic heterocycles. The molecule has 1 fully saturated rings. The van der Waals surface area contributed by atoms with Crippen LogP contribution >= 0.6 is 0 Å². The molecule has 0 radical (unpaired) electrons. The molecule has 0 aliphatic carbocycles. The van der Waals surface area contributed by atoms with Crippen LogP contribution in [0.4, 0.5) is 0 Å². The zero-order valence-corrected chi connectivity index (χ0v) is 15.0. The second-order valence-electron chi connectivity index (χ2n) is 9.07. The van der Waals surface area contributed by atoms with Crippen LogP contribution in [0.25, 0.3) is 0 Å². The van der Waals surface area contributed by atoms with Crippen LogP contribution in [0, 0.1) is 16.2 Å². The van der Waals surface area contributed by atoms with Crippen molar-refractivity contribution in [3.05, 3.63) is 0 Å². The average Bonchev–Trinajstić information content (AvgIpc) is 2.27. The summed E-state index contributed by atoms with van der Waals surface area (Å²) < 4.78 is 11.7. The number of hydrogen-bond acceptors (Lipinski definition) is 3. The lowest BCUT2D eigenvalue weighted by atomic mass is 9.69. The summed E-state index contributed by atoms with van der Waals surface area (Å²) in [6.07, 6.45) is 3.46. The maximum Gasteiger partial charge on any atom is 0.311 e. The molecule has 1 heterocycles. The first-order valence-electron chi connectivity index (χ1n) is 8.23. The number of cyclic esters (lactones) is 1. The van der Waals surface area contributed by atoms with Gasteiger partial charge in [0.05, 0.1) is 18.1 Å². The molecule has 2 unspecified atom stereocenters. The van der Waals surface area contributed by atoms with Crippen LogP contribution in [-0.4, -0.2) is 25.3 Å². The summed E-state index contributed by atoms with van der Waals surface area (Å²) in [5, 5.41) is 0. The third-order valence-corrected chi connectivity index (χ3v) is 4.11. The van der Waals surface area contributed by atoms with Crippen molar-refractivity contribution in [3.8, 4) is 0 Å². The van der Waals surface area contributed by atoms with Gasteiger partial charge in [-0.05, 0) is 43.4 Å². The van der Waals surface area contributed by atoms with E-state index in [-0.39, 0.29) is 22.9 Å². The van der Waals surface area contributed by atoms with Gasteiger partial charge in [-0.1, -0.05) is 41.5 Å². The lowest BCUT2D eigenvalue weighted by molar-refractivity contribution is -0.163. The van der Waals surface area contributed by atoms with Crippen LogP contribution < -0.4 is 0 Å². The van der Waals surface area contributed by atoms with Gasteiger partial charge in [-0.2, -0.15) is 0 Å². The minimum Gasteiger partial charge on any atom is -0.465 e. The molecule has 1 saturated heterocycles. The molecule has 1 aliphatic heterocycles. The Bertz CT molecular complexity index is 348. The maximum absolute atomic E-state index is 12.6. The quantitative estimate of drug-likeness (QED) is 0.664. The molecule has 0 spiro atoms. The lowest BCUT2D eigenvalue weighted by Gasteiger charge is -2.40. The van der Waals surface area contributed by atoms with Crippen LogP contribution in [0.15, 0.2) is 0 Å². The largest absolute Gasteiger partial charge is 0.465 e. The fourth-order valence-corrected chi connectivity index (χ4v) is 3.19. The highest BCUT2D eigenvalue weighted by atomic mass is 16.5. The fourth-order valence-electron chi connectivity index (χ4n) is 3.19. The van der Waals surface area contributed by atoms with E-state index in [0.717, 1.165) is 32.3 Å². The van der Waals surface area contributed by atoms with Gasteiger partial charge in [-0.15, -0.1) is 0 Å². The summed E-state index contributed by atoms with van der Waals surface area (Å²) in [5.41, 5.74) is -0.369. The number of carbonyl (C=O) groups excluding carboxylic acids is 1. The highest BCUT2D eigenvalue weighted by Gasteiger charge is 2.43. The van der Waals surface area contributed by atoms with Crippen LogP contribution in [0.5, 0.6) is 0 Å². The first-order chi connectivity index (χ1) is 9.44. The van der Waals surface area contributed by atoms with E-state index >= 15 is 0 Å². The molecular weight excluding hydrogens is 264 g/mol. The minimum atomic E-state index is -0.479. The molecule has 21 heavy (non-hydrogen) atoms. The molecule has 0 saturated carbocycles. The smallest absolute Gasteiger partial charge is 0.311 e. The summed E-state index contributed by atoms with van der Waals surface area (Å²) in [7, 11) is 0. The predicted molar refractivity (Wildman–Crippen MR) is 86.2 cm³/mol. The van der Waals surface area contributed by atoms with E-state index in [1.165, 1.54) is 0 Å². The summed E-state index contributed by atoms with van der Waals surface area (Å²) in [5.74, 6) is -0.0582. The summed E-state index contributed by atoms with van der Waals surface area (Å²) in [6, 6.07) is 0. The Morgan fingerprint density at radius 3 is 2.19 bits per heavy atom. The number of rotatable bonds is 1. The Morgan fingerprint density at radius 2 is 1.67 bits per heavy atom. The maximum atomic E-state index is 12.6. The van der Waals surface area contributed by atoms with E-state index in [2.05, 4.69) is 41.5 Å². The molecule has 0 amide bonds. The second-order valence-corrected chi connectivity index (χ2v) is 9.07. The minimum absolute atomic E-state index is 0.0264. The number of esters is 1. The van der Waals surface area contributed by atoms with Crippen molar-refractivity contribution >= 4 is 5.97 Å². The molecule has 3 nitrogen and oxygen atoms in total. The third-order valence-electron chi connectivity index (χ3n) is 4.11. The van der Waals surface area contributed by atoms with Crippen molar-refractivity contribution in [2.45, 2.75) is 80.3 Å². The van der Waals surface area contributed by atoms with Crippen molar-refractivity contribution in [2.75, 3.05) is 13.2 Å².